The second-order valence-corrected chi connectivity index (χ2v) is 6.99. The highest BCUT2D eigenvalue weighted by atomic mass is 32.1. The molecule has 0 unspecified atom stereocenters. The van der Waals surface area contributed by atoms with E-state index in [0.717, 1.165) is 56.1 Å². The maximum Gasteiger partial charge on any atom is 0.222 e. The van der Waals surface area contributed by atoms with E-state index in [1.54, 1.807) is 11.3 Å². The quantitative estimate of drug-likeness (QED) is 0.791. The number of hydrogen-bond acceptors (Lipinski definition) is 3. The van der Waals surface area contributed by atoms with Crippen LogP contribution in [0.4, 0.5) is 0 Å². The lowest BCUT2D eigenvalue weighted by molar-refractivity contribution is -0.671. The summed E-state index contributed by atoms with van der Waals surface area (Å²) in [5, 5.41) is 5.53. The summed E-state index contributed by atoms with van der Waals surface area (Å²) in [4.78, 5) is 18.2. The highest BCUT2D eigenvalue weighted by molar-refractivity contribution is 7.13. The number of rotatable bonds is 7. The molecular weight excluding hydrogens is 306 g/mol. The van der Waals surface area contributed by atoms with Crippen molar-refractivity contribution < 1.29 is 10.1 Å². The number of hydrogen-bond donors (Lipinski definition) is 1. The first-order chi connectivity index (χ1) is 11.2. The summed E-state index contributed by atoms with van der Waals surface area (Å²) in [6.07, 6.45) is 2.83. The Bertz CT molecular complexity index is 651. The maximum atomic E-state index is 11.5. The first-order valence-corrected chi connectivity index (χ1v) is 9.21. The van der Waals surface area contributed by atoms with Gasteiger partial charge in [0.1, 0.15) is 17.2 Å². The second-order valence-electron chi connectivity index (χ2n) is 6.13. The lowest BCUT2D eigenvalue weighted by atomic mass is 10.2. The Morgan fingerprint density at radius 1 is 1.30 bits per heavy atom. The average Bonchev–Trinajstić information content (AvgIpc) is 3.17. The molecule has 1 aromatic heterocycles. The summed E-state index contributed by atoms with van der Waals surface area (Å²) in [7, 11) is 0. The third-order valence-electron chi connectivity index (χ3n) is 4.21. The molecule has 1 amide bonds. The molecule has 2 aromatic rings. The fourth-order valence-corrected chi connectivity index (χ4v) is 3.69. The fraction of sp³-hybridized carbons (Fsp3) is 0.444. The van der Waals surface area contributed by atoms with Crippen LogP contribution >= 0.6 is 11.3 Å². The molecule has 1 saturated heterocycles. The summed E-state index contributed by atoms with van der Waals surface area (Å²) in [6, 6.07) is 8.52. The number of amides is 1. The van der Waals surface area contributed by atoms with E-state index >= 15 is 0 Å². The molecule has 122 valence electrons. The van der Waals surface area contributed by atoms with Gasteiger partial charge >= 0.3 is 0 Å². The number of aromatic nitrogens is 1. The normalized spacial score (nSPS) is 14.7. The van der Waals surface area contributed by atoms with Crippen molar-refractivity contribution in [2.75, 3.05) is 19.6 Å². The third-order valence-corrected chi connectivity index (χ3v) is 5.15. The molecule has 2 heterocycles. The van der Waals surface area contributed by atoms with E-state index in [0.29, 0.717) is 5.91 Å². The molecule has 1 aliphatic heterocycles. The molecule has 5 heteroatoms. The molecular formula is C18H24N3OS+. The molecule has 0 atom stereocenters. The molecule has 0 spiro atoms. The van der Waals surface area contributed by atoms with Crippen molar-refractivity contribution in [3.8, 4) is 10.6 Å². The van der Waals surface area contributed by atoms with Crippen LogP contribution in [0.3, 0.4) is 0 Å². The number of carbonyl (C=O) groups excluding carboxylic acids is 1. The van der Waals surface area contributed by atoms with E-state index in [1.165, 1.54) is 11.1 Å². The molecule has 1 fully saturated rings. The Labute approximate surface area is 141 Å². The summed E-state index contributed by atoms with van der Waals surface area (Å²) < 4.78 is 0. The smallest absolute Gasteiger partial charge is 0.222 e. The van der Waals surface area contributed by atoms with Crippen LogP contribution in [0, 0.1) is 6.92 Å². The van der Waals surface area contributed by atoms with Gasteiger partial charge in [0.2, 0.25) is 5.91 Å². The van der Waals surface area contributed by atoms with Crippen molar-refractivity contribution in [3.63, 3.8) is 0 Å². The van der Waals surface area contributed by atoms with Crippen LogP contribution in [0.5, 0.6) is 0 Å². The second kappa shape index (κ2) is 7.70. The minimum absolute atomic E-state index is 0.326. The summed E-state index contributed by atoms with van der Waals surface area (Å²) >= 11 is 1.71. The van der Waals surface area contributed by atoms with Gasteiger partial charge in [-0.25, -0.2) is 4.98 Å². The Morgan fingerprint density at radius 2 is 2.13 bits per heavy atom. The Kier molecular flexibility index (Phi) is 5.41. The fourth-order valence-electron chi connectivity index (χ4n) is 2.85. The SMILES string of the molecule is Cc1ccc(-c2nc(C[NH2+]CCCN3CCCC3=O)cs2)cc1. The van der Waals surface area contributed by atoms with Gasteiger partial charge in [-0.05, 0) is 13.3 Å². The first kappa shape index (κ1) is 16.1. The van der Waals surface area contributed by atoms with E-state index in [4.69, 9.17) is 4.98 Å². The number of quaternary nitrogens is 1. The van der Waals surface area contributed by atoms with Crippen LogP contribution in [-0.2, 0) is 11.3 Å². The summed E-state index contributed by atoms with van der Waals surface area (Å²) in [5.41, 5.74) is 3.61. The summed E-state index contributed by atoms with van der Waals surface area (Å²) in [6.45, 7) is 5.91. The number of likely N-dealkylation sites (tertiary alicyclic amines) is 1. The Morgan fingerprint density at radius 3 is 2.87 bits per heavy atom. The van der Waals surface area contributed by atoms with Gasteiger partial charge < -0.3 is 10.2 Å². The third kappa shape index (κ3) is 4.39. The van der Waals surface area contributed by atoms with E-state index in [-0.39, 0.29) is 0 Å². The Hall–Kier alpha value is -1.72. The minimum atomic E-state index is 0.326. The van der Waals surface area contributed by atoms with Crippen molar-refractivity contribution in [3.05, 3.63) is 40.9 Å². The number of carbonyl (C=O) groups is 1. The zero-order chi connectivity index (χ0) is 16.1. The standard InChI is InChI=1S/C18H23N3OS/c1-14-5-7-15(8-6-14)18-20-16(13-23-18)12-19-9-3-11-21-10-2-4-17(21)22/h5-8,13,19H,2-4,9-12H2,1H3/p+1. The molecule has 3 rings (SSSR count). The average molecular weight is 330 g/mol. The molecule has 0 aliphatic carbocycles. The number of benzene rings is 1. The number of aryl methyl sites for hydroxylation is 1. The number of nitrogens with two attached hydrogens (primary N) is 1. The van der Waals surface area contributed by atoms with E-state index in [1.807, 2.05) is 4.90 Å². The van der Waals surface area contributed by atoms with Crippen molar-refractivity contribution in [2.45, 2.75) is 32.7 Å². The number of thiazole rings is 1. The van der Waals surface area contributed by atoms with Gasteiger partial charge in [-0.15, -0.1) is 11.3 Å². The van der Waals surface area contributed by atoms with Gasteiger partial charge in [-0.1, -0.05) is 29.8 Å². The van der Waals surface area contributed by atoms with Crippen molar-refractivity contribution in [2.24, 2.45) is 0 Å². The van der Waals surface area contributed by atoms with Gasteiger partial charge in [-0.2, -0.15) is 0 Å². The first-order valence-electron chi connectivity index (χ1n) is 8.33. The molecule has 4 nitrogen and oxygen atoms in total. The molecule has 0 bridgehead atoms. The van der Waals surface area contributed by atoms with E-state index < -0.39 is 0 Å². The molecule has 23 heavy (non-hydrogen) atoms. The summed E-state index contributed by atoms with van der Waals surface area (Å²) in [5.74, 6) is 0.326. The lowest BCUT2D eigenvalue weighted by Gasteiger charge is -2.14. The van der Waals surface area contributed by atoms with Gasteiger partial charge in [0.25, 0.3) is 0 Å². The highest BCUT2D eigenvalue weighted by Gasteiger charge is 2.19. The van der Waals surface area contributed by atoms with Crippen LogP contribution in [-0.4, -0.2) is 35.4 Å². The molecule has 1 aliphatic rings. The highest BCUT2D eigenvalue weighted by Crippen LogP contribution is 2.23. The molecule has 2 N–H and O–H groups in total. The molecule has 1 aromatic carbocycles. The van der Waals surface area contributed by atoms with E-state index in [9.17, 15) is 4.79 Å². The zero-order valence-corrected chi connectivity index (χ0v) is 14.4. The van der Waals surface area contributed by atoms with Gasteiger partial charge in [-0.3, -0.25) is 4.79 Å². The largest absolute Gasteiger partial charge is 0.342 e. The monoisotopic (exact) mass is 330 g/mol. The van der Waals surface area contributed by atoms with Gasteiger partial charge in [0.15, 0.2) is 0 Å². The Balaban J connectivity index is 1.41. The molecule has 0 saturated carbocycles. The van der Waals surface area contributed by atoms with Crippen molar-refractivity contribution in [1.82, 2.24) is 9.88 Å². The minimum Gasteiger partial charge on any atom is -0.342 e. The predicted molar refractivity (Wildman–Crippen MR) is 93.2 cm³/mol. The van der Waals surface area contributed by atoms with Crippen LogP contribution in [0.15, 0.2) is 29.6 Å². The number of nitrogens with zero attached hydrogens (tertiary/aromatic N) is 2. The van der Waals surface area contributed by atoms with Crippen LogP contribution in [0.1, 0.15) is 30.5 Å². The van der Waals surface area contributed by atoms with Crippen LogP contribution in [0.25, 0.3) is 10.6 Å². The van der Waals surface area contributed by atoms with E-state index in [2.05, 4.69) is 41.9 Å². The van der Waals surface area contributed by atoms with Crippen LogP contribution in [0.2, 0.25) is 0 Å². The predicted octanol–water partition coefficient (Wildman–Crippen LogP) is 2.19. The van der Waals surface area contributed by atoms with Crippen molar-refractivity contribution in [1.29, 1.82) is 0 Å². The van der Waals surface area contributed by atoms with Gasteiger partial charge in [0.05, 0.1) is 6.54 Å². The van der Waals surface area contributed by atoms with Crippen LogP contribution < -0.4 is 5.32 Å². The van der Waals surface area contributed by atoms with Crippen molar-refractivity contribution >= 4 is 17.2 Å². The lowest BCUT2D eigenvalue weighted by Crippen LogP contribution is -2.82. The maximum absolute atomic E-state index is 11.5. The molecule has 0 radical (unpaired) electrons. The zero-order valence-electron chi connectivity index (χ0n) is 13.6. The topological polar surface area (TPSA) is 49.8 Å². The van der Waals surface area contributed by atoms with Gasteiger partial charge in [0, 0.05) is 36.9 Å².